The molecule has 2 fully saturated rings. The largest absolute Gasteiger partial charge is 0.481 e. The second-order valence-corrected chi connectivity index (χ2v) is 4.92. The van der Waals surface area contributed by atoms with E-state index in [-0.39, 0.29) is 12.5 Å². The monoisotopic (exact) mass is 213 g/mol. The molecule has 86 valence electrons. The standard InChI is InChI=1S/C11H19NO3/c1-8-11(15,7-10(13)14)5-2-6-12(8)9-3-4-9/h8-9,15H,2-7H2,1H3,(H,13,14). The first-order valence-electron chi connectivity index (χ1n) is 5.73. The molecule has 2 atom stereocenters. The Balaban J connectivity index is 2.06. The first-order chi connectivity index (χ1) is 7.03. The van der Waals surface area contributed by atoms with Gasteiger partial charge >= 0.3 is 5.97 Å². The molecule has 15 heavy (non-hydrogen) atoms. The van der Waals surface area contributed by atoms with Crippen LogP contribution >= 0.6 is 0 Å². The van der Waals surface area contributed by atoms with Crippen molar-refractivity contribution in [2.45, 2.75) is 56.7 Å². The van der Waals surface area contributed by atoms with Gasteiger partial charge < -0.3 is 10.2 Å². The molecule has 2 aliphatic rings. The van der Waals surface area contributed by atoms with E-state index in [9.17, 15) is 9.90 Å². The van der Waals surface area contributed by atoms with Crippen LogP contribution in [0.25, 0.3) is 0 Å². The van der Waals surface area contributed by atoms with Crippen molar-refractivity contribution in [3.05, 3.63) is 0 Å². The Kier molecular flexibility index (Phi) is 2.73. The van der Waals surface area contributed by atoms with Crippen LogP contribution in [-0.2, 0) is 4.79 Å². The zero-order chi connectivity index (χ0) is 11.1. The van der Waals surface area contributed by atoms with Gasteiger partial charge in [0.2, 0.25) is 0 Å². The van der Waals surface area contributed by atoms with Gasteiger partial charge in [-0.1, -0.05) is 0 Å². The molecule has 0 spiro atoms. The Morgan fingerprint density at radius 2 is 2.20 bits per heavy atom. The summed E-state index contributed by atoms with van der Waals surface area (Å²) in [5.41, 5.74) is -1.02. The summed E-state index contributed by atoms with van der Waals surface area (Å²) in [7, 11) is 0. The fourth-order valence-electron chi connectivity index (χ4n) is 2.68. The number of aliphatic hydroxyl groups is 1. The van der Waals surface area contributed by atoms with Crippen LogP contribution in [0.2, 0.25) is 0 Å². The number of carboxylic acids is 1. The third-order valence-electron chi connectivity index (χ3n) is 3.77. The Hall–Kier alpha value is -0.610. The van der Waals surface area contributed by atoms with Crippen LogP contribution in [0.3, 0.4) is 0 Å². The molecule has 0 aromatic heterocycles. The van der Waals surface area contributed by atoms with Crippen LogP contribution in [0.4, 0.5) is 0 Å². The average Bonchev–Trinajstić information content (AvgIpc) is 2.92. The maximum atomic E-state index is 10.7. The number of rotatable bonds is 3. The predicted octanol–water partition coefficient (Wildman–Crippen LogP) is 0.839. The lowest BCUT2D eigenvalue weighted by Gasteiger charge is -2.45. The van der Waals surface area contributed by atoms with Crippen LogP contribution in [0.15, 0.2) is 0 Å². The minimum atomic E-state index is -1.02. The molecule has 4 nitrogen and oxygen atoms in total. The summed E-state index contributed by atoms with van der Waals surface area (Å²) in [4.78, 5) is 13.0. The van der Waals surface area contributed by atoms with Gasteiger partial charge in [-0.3, -0.25) is 9.69 Å². The quantitative estimate of drug-likeness (QED) is 0.729. The van der Waals surface area contributed by atoms with E-state index < -0.39 is 11.6 Å². The molecule has 1 saturated carbocycles. The Morgan fingerprint density at radius 3 is 2.73 bits per heavy atom. The molecule has 1 aliphatic carbocycles. The maximum Gasteiger partial charge on any atom is 0.306 e. The Bertz CT molecular complexity index is 265. The van der Waals surface area contributed by atoms with E-state index in [1.165, 1.54) is 12.8 Å². The SMILES string of the molecule is CC1N(C2CC2)CCCC1(O)CC(=O)O. The number of nitrogens with zero attached hydrogens (tertiary/aromatic N) is 1. The van der Waals surface area contributed by atoms with Crippen LogP contribution in [-0.4, -0.2) is 45.3 Å². The van der Waals surface area contributed by atoms with Gasteiger partial charge in [-0.05, 0) is 39.2 Å². The Morgan fingerprint density at radius 1 is 1.53 bits per heavy atom. The molecule has 1 heterocycles. The second-order valence-electron chi connectivity index (χ2n) is 4.92. The van der Waals surface area contributed by atoms with Crippen LogP contribution in [0.5, 0.6) is 0 Å². The summed E-state index contributed by atoms with van der Waals surface area (Å²) in [5, 5.41) is 19.1. The third kappa shape index (κ3) is 2.16. The molecule has 2 unspecified atom stereocenters. The fourth-order valence-corrected chi connectivity index (χ4v) is 2.68. The normalized spacial score (nSPS) is 37.9. The number of hydrogen-bond donors (Lipinski definition) is 2. The van der Waals surface area contributed by atoms with E-state index in [0.29, 0.717) is 12.5 Å². The van der Waals surface area contributed by atoms with Gasteiger partial charge in [0.15, 0.2) is 0 Å². The topological polar surface area (TPSA) is 60.8 Å². The molecule has 2 rings (SSSR count). The van der Waals surface area contributed by atoms with Gasteiger partial charge in [0.05, 0.1) is 12.0 Å². The van der Waals surface area contributed by atoms with Gasteiger partial charge in [0, 0.05) is 12.1 Å². The van der Waals surface area contributed by atoms with Crippen LogP contribution in [0, 0.1) is 0 Å². The summed E-state index contributed by atoms with van der Waals surface area (Å²) in [6.07, 6.45) is 3.80. The lowest BCUT2D eigenvalue weighted by molar-refractivity contribution is -0.149. The highest BCUT2D eigenvalue weighted by Gasteiger charge is 2.46. The van der Waals surface area contributed by atoms with Crippen molar-refractivity contribution in [2.75, 3.05) is 6.54 Å². The van der Waals surface area contributed by atoms with E-state index in [1.54, 1.807) is 0 Å². The third-order valence-corrected chi connectivity index (χ3v) is 3.77. The van der Waals surface area contributed by atoms with E-state index in [1.807, 2.05) is 6.92 Å². The summed E-state index contributed by atoms with van der Waals surface area (Å²) >= 11 is 0. The summed E-state index contributed by atoms with van der Waals surface area (Å²) in [5.74, 6) is -0.901. The molecule has 0 aromatic rings. The summed E-state index contributed by atoms with van der Waals surface area (Å²) in [6.45, 7) is 2.97. The molecule has 1 aliphatic heterocycles. The molecular weight excluding hydrogens is 194 g/mol. The van der Waals surface area contributed by atoms with Crippen molar-refractivity contribution in [3.63, 3.8) is 0 Å². The van der Waals surface area contributed by atoms with Crippen molar-refractivity contribution >= 4 is 5.97 Å². The highest BCUT2D eigenvalue weighted by Crippen LogP contribution is 2.38. The highest BCUT2D eigenvalue weighted by atomic mass is 16.4. The minimum Gasteiger partial charge on any atom is -0.481 e. The van der Waals surface area contributed by atoms with Gasteiger partial charge in [0.25, 0.3) is 0 Å². The van der Waals surface area contributed by atoms with Crippen molar-refractivity contribution in [2.24, 2.45) is 0 Å². The van der Waals surface area contributed by atoms with Gasteiger partial charge in [-0.15, -0.1) is 0 Å². The fraction of sp³-hybridized carbons (Fsp3) is 0.909. The number of likely N-dealkylation sites (tertiary alicyclic amines) is 1. The van der Waals surface area contributed by atoms with E-state index in [2.05, 4.69) is 4.90 Å². The predicted molar refractivity (Wildman–Crippen MR) is 55.6 cm³/mol. The number of carboxylic acid groups (broad SMARTS) is 1. The maximum absolute atomic E-state index is 10.7. The highest BCUT2D eigenvalue weighted by molar-refractivity contribution is 5.68. The molecule has 0 bridgehead atoms. The van der Waals surface area contributed by atoms with Crippen molar-refractivity contribution in [1.82, 2.24) is 4.90 Å². The zero-order valence-electron chi connectivity index (χ0n) is 9.15. The lowest BCUT2D eigenvalue weighted by Crippen LogP contribution is -2.56. The summed E-state index contributed by atoms with van der Waals surface area (Å²) in [6, 6.07) is 0.579. The first kappa shape index (κ1) is 10.9. The van der Waals surface area contributed by atoms with E-state index in [4.69, 9.17) is 5.11 Å². The second kappa shape index (κ2) is 3.76. The minimum absolute atomic E-state index is 0.0187. The van der Waals surface area contributed by atoms with Crippen LogP contribution < -0.4 is 0 Å². The average molecular weight is 213 g/mol. The first-order valence-corrected chi connectivity index (χ1v) is 5.73. The zero-order valence-corrected chi connectivity index (χ0v) is 9.15. The van der Waals surface area contributed by atoms with Crippen molar-refractivity contribution < 1.29 is 15.0 Å². The molecule has 0 aromatic carbocycles. The number of piperidine rings is 1. The molecular formula is C11H19NO3. The molecule has 1 saturated heterocycles. The van der Waals surface area contributed by atoms with E-state index in [0.717, 1.165) is 13.0 Å². The molecule has 2 N–H and O–H groups in total. The van der Waals surface area contributed by atoms with Gasteiger partial charge in [-0.25, -0.2) is 0 Å². The van der Waals surface area contributed by atoms with Gasteiger partial charge in [-0.2, -0.15) is 0 Å². The van der Waals surface area contributed by atoms with Crippen molar-refractivity contribution in [1.29, 1.82) is 0 Å². The van der Waals surface area contributed by atoms with Crippen LogP contribution in [0.1, 0.15) is 39.0 Å². The molecule has 0 amide bonds. The number of hydrogen-bond acceptors (Lipinski definition) is 3. The van der Waals surface area contributed by atoms with Gasteiger partial charge in [0.1, 0.15) is 0 Å². The smallest absolute Gasteiger partial charge is 0.306 e. The molecule has 0 radical (unpaired) electrons. The molecule has 4 heteroatoms. The summed E-state index contributed by atoms with van der Waals surface area (Å²) < 4.78 is 0. The number of carbonyl (C=O) groups is 1. The lowest BCUT2D eigenvalue weighted by atomic mass is 9.82. The number of aliphatic carboxylic acids is 1. The Labute approximate surface area is 89.9 Å². The van der Waals surface area contributed by atoms with E-state index >= 15 is 0 Å². The van der Waals surface area contributed by atoms with Crippen molar-refractivity contribution in [3.8, 4) is 0 Å².